The van der Waals surface area contributed by atoms with Crippen LogP contribution in [0.1, 0.15) is 41.4 Å². The predicted molar refractivity (Wildman–Crippen MR) is 114 cm³/mol. The van der Waals surface area contributed by atoms with E-state index in [4.69, 9.17) is 5.11 Å². The number of nitrogens with zero attached hydrogens (tertiary/aromatic N) is 2. The van der Waals surface area contributed by atoms with Gasteiger partial charge >= 0.3 is 5.97 Å². The summed E-state index contributed by atoms with van der Waals surface area (Å²) in [4.78, 5) is 23.9. The van der Waals surface area contributed by atoms with E-state index in [1.54, 1.807) is 23.9 Å². The Bertz CT molecular complexity index is 1270. The van der Waals surface area contributed by atoms with Gasteiger partial charge in [0.05, 0.1) is 16.1 Å². The molecule has 9 heteroatoms. The van der Waals surface area contributed by atoms with E-state index in [1.807, 2.05) is 20.8 Å². The summed E-state index contributed by atoms with van der Waals surface area (Å²) in [7, 11) is -2.15. The van der Waals surface area contributed by atoms with Gasteiger partial charge in [0.1, 0.15) is 0 Å². The first-order chi connectivity index (χ1) is 14.0. The monoisotopic (exact) mass is 429 g/mol. The minimum Gasteiger partial charge on any atom is -0.478 e. The van der Waals surface area contributed by atoms with E-state index in [0.717, 1.165) is 5.69 Å². The maximum Gasteiger partial charge on any atom is 0.335 e. The van der Waals surface area contributed by atoms with Crippen LogP contribution < -0.4 is 10.3 Å². The van der Waals surface area contributed by atoms with Crippen molar-refractivity contribution in [1.82, 2.24) is 9.36 Å². The summed E-state index contributed by atoms with van der Waals surface area (Å²) >= 11 is 0. The molecule has 8 nitrogen and oxygen atoms in total. The Balaban J connectivity index is 1.94. The van der Waals surface area contributed by atoms with Gasteiger partial charge in [0.2, 0.25) is 0 Å². The van der Waals surface area contributed by atoms with Gasteiger partial charge < -0.3 is 5.11 Å². The number of carboxylic acid groups (broad SMARTS) is 1. The predicted octanol–water partition coefficient (Wildman–Crippen LogP) is 3.11. The van der Waals surface area contributed by atoms with E-state index in [-0.39, 0.29) is 27.6 Å². The van der Waals surface area contributed by atoms with E-state index < -0.39 is 16.0 Å². The van der Waals surface area contributed by atoms with Crippen LogP contribution in [0.4, 0.5) is 5.69 Å². The lowest BCUT2D eigenvalue weighted by molar-refractivity contribution is 0.0697. The van der Waals surface area contributed by atoms with Gasteiger partial charge in [-0.3, -0.25) is 14.2 Å². The molecule has 2 aromatic carbocycles. The smallest absolute Gasteiger partial charge is 0.335 e. The first-order valence-corrected chi connectivity index (χ1v) is 10.8. The molecule has 0 amide bonds. The van der Waals surface area contributed by atoms with Gasteiger partial charge in [0, 0.05) is 24.0 Å². The molecule has 0 aliphatic rings. The summed E-state index contributed by atoms with van der Waals surface area (Å²) in [6.45, 7) is 5.78. The molecule has 1 aromatic heterocycles. The van der Waals surface area contributed by atoms with Gasteiger partial charge in [0.15, 0.2) is 0 Å². The van der Waals surface area contributed by atoms with Crippen LogP contribution in [0.2, 0.25) is 0 Å². The highest BCUT2D eigenvalue weighted by molar-refractivity contribution is 7.92. The zero-order valence-corrected chi connectivity index (χ0v) is 17.9. The highest BCUT2D eigenvalue weighted by atomic mass is 32.2. The first-order valence-electron chi connectivity index (χ1n) is 9.28. The largest absolute Gasteiger partial charge is 0.478 e. The molecule has 0 unspecified atom stereocenters. The Kier molecular flexibility index (Phi) is 5.58. The minimum atomic E-state index is -3.93. The molecule has 0 atom stereocenters. The zero-order chi connectivity index (χ0) is 22.2. The van der Waals surface area contributed by atoms with Crippen molar-refractivity contribution in [2.75, 3.05) is 4.72 Å². The van der Waals surface area contributed by atoms with Crippen molar-refractivity contribution in [2.45, 2.75) is 31.6 Å². The summed E-state index contributed by atoms with van der Waals surface area (Å²) in [6.07, 6.45) is 0. The van der Waals surface area contributed by atoms with Gasteiger partial charge in [-0.1, -0.05) is 19.9 Å². The molecule has 0 saturated heterocycles. The third kappa shape index (κ3) is 3.88. The highest BCUT2D eigenvalue weighted by Gasteiger charge is 2.20. The number of aromatic nitrogens is 2. The van der Waals surface area contributed by atoms with Crippen molar-refractivity contribution in [3.05, 3.63) is 75.7 Å². The fourth-order valence-electron chi connectivity index (χ4n) is 3.38. The van der Waals surface area contributed by atoms with Crippen LogP contribution in [-0.4, -0.2) is 28.9 Å². The van der Waals surface area contributed by atoms with Crippen LogP contribution in [0.25, 0.3) is 5.69 Å². The Morgan fingerprint density at radius 2 is 1.73 bits per heavy atom. The van der Waals surface area contributed by atoms with Gasteiger partial charge in [-0.05, 0) is 55.3 Å². The SMILES string of the molecule is Cc1c(C(C)C)c(=O)n(-c2ccc(S(=O)(=O)Nc3cccc(C(=O)O)c3)cc2)n1C. The van der Waals surface area contributed by atoms with Crippen LogP contribution >= 0.6 is 0 Å². The molecular formula is C21H23N3O5S. The number of aromatic carboxylic acids is 1. The molecule has 0 spiro atoms. The van der Waals surface area contributed by atoms with Crippen molar-refractivity contribution < 1.29 is 18.3 Å². The molecule has 0 bridgehead atoms. The number of carbonyl (C=O) groups is 1. The van der Waals surface area contributed by atoms with Crippen molar-refractivity contribution in [1.29, 1.82) is 0 Å². The van der Waals surface area contributed by atoms with E-state index in [9.17, 15) is 18.0 Å². The molecule has 30 heavy (non-hydrogen) atoms. The highest BCUT2D eigenvalue weighted by Crippen LogP contribution is 2.21. The summed E-state index contributed by atoms with van der Waals surface area (Å²) < 4.78 is 31.0. The molecule has 0 aliphatic heterocycles. The van der Waals surface area contributed by atoms with E-state index in [1.165, 1.54) is 41.1 Å². The molecule has 3 aromatic rings. The van der Waals surface area contributed by atoms with Gasteiger partial charge in [-0.15, -0.1) is 0 Å². The first kappa shape index (κ1) is 21.4. The molecule has 0 radical (unpaired) electrons. The maximum atomic E-state index is 12.8. The van der Waals surface area contributed by atoms with Crippen LogP contribution in [0.15, 0.2) is 58.2 Å². The van der Waals surface area contributed by atoms with Crippen molar-refractivity contribution in [3.63, 3.8) is 0 Å². The van der Waals surface area contributed by atoms with E-state index in [2.05, 4.69) is 4.72 Å². The fraction of sp³-hybridized carbons (Fsp3) is 0.238. The summed E-state index contributed by atoms with van der Waals surface area (Å²) in [5, 5.41) is 9.06. The quantitative estimate of drug-likeness (QED) is 0.626. The van der Waals surface area contributed by atoms with Crippen molar-refractivity contribution >= 4 is 21.7 Å². The third-order valence-corrected chi connectivity index (χ3v) is 6.33. The number of rotatable bonds is 6. The van der Waals surface area contributed by atoms with Crippen LogP contribution in [0.3, 0.4) is 0 Å². The minimum absolute atomic E-state index is 0.00459. The Hall–Kier alpha value is -3.33. The summed E-state index contributed by atoms with van der Waals surface area (Å²) in [5.41, 5.74) is 2.11. The van der Waals surface area contributed by atoms with Crippen molar-refractivity contribution in [3.8, 4) is 5.69 Å². The Labute approximate surface area is 174 Å². The number of hydrogen-bond acceptors (Lipinski definition) is 4. The van der Waals surface area contributed by atoms with E-state index >= 15 is 0 Å². The lowest BCUT2D eigenvalue weighted by atomic mass is 10.0. The average molecular weight is 429 g/mol. The Morgan fingerprint density at radius 3 is 2.27 bits per heavy atom. The average Bonchev–Trinajstić information content (AvgIpc) is 2.90. The second-order valence-corrected chi connectivity index (χ2v) is 8.96. The fourth-order valence-corrected chi connectivity index (χ4v) is 4.43. The number of sulfonamides is 1. The van der Waals surface area contributed by atoms with Crippen LogP contribution in [0.5, 0.6) is 0 Å². The summed E-state index contributed by atoms with van der Waals surface area (Å²) in [5.74, 6) is -1.08. The molecular weight excluding hydrogens is 406 g/mol. The maximum absolute atomic E-state index is 12.8. The second kappa shape index (κ2) is 7.83. The number of nitrogens with one attached hydrogen (secondary N) is 1. The Morgan fingerprint density at radius 1 is 1.10 bits per heavy atom. The van der Waals surface area contributed by atoms with Crippen molar-refractivity contribution in [2.24, 2.45) is 7.05 Å². The lowest BCUT2D eigenvalue weighted by Gasteiger charge is -2.11. The number of benzene rings is 2. The molecule has 1 heterocycles. The standard InChI is InChI=1S/C21H23N3O5S/c1-13(2)19-14(3)23(4)24(20(19)25)17-8-10-18(11-9-17)30(28,29)22-16-7-5-6-15(12-16)21(26)27/h5-13,22H,1-4H3,(H,26,27). The van der Waals surface area contributed by atoms with Crippen LogP contribution in [0, 0.1) is 6.92 Å². The lowest BCUT2D eigenvalue weighted by Crippen LogP contribution is -2.21. The molecule has 158 valence electrons. The van der Waals surface area contributed by atoms with Gasteiger partial charge in [-0.25, -0.2) is 17.9 Å². The number of anilines is 1. The number of hydrogen-bond donors (Lipinski definition) is 2. The second-order valence-electron chi connectivity index (χ2n) is 7.28. The molecule has 0 saturated carbocycles. The van der Waals surface area contributed by atoms with Gasteiger partial charge in [-0.2, -0.15) is 0 Å². The summed E-state index contributed by atoms with van der Waals surface area (Å²) in [6, 6.07) is 11.5. The third-order valence-electron chi connectivity index (χ3n) is 4.93. The zero-order valence-electron chi connectivity index (χ0n) is 17.1. The van der Waals surface area contributed by atoms with E-state index in [0.29, 0.717) is 11.3 Å². The van der Waals surface area contributed by atoms with Crippen LogP contribution in [-0.2, 0) is 17.1 Å². The van der Waals surface area contributed by atoms with Gasteiger partial charge in [0.25, 0.3) is 15.6 Å². The number of carboxylic acids is 1. The molecule has 0 fully saturated rings. The molecule has 0 aliphatic carbocycles. The normalized spacial score (nSPS) is 11.6. The topological polar surface area (TPSA) is 110 Å². The molecule has 3 rings (SSSR count). The molecule has 2 N–H and O–H groups in total.